The molecule has 1 heterocycles. The van der Waals surface area contributed by atoms with Crippen LogP contribution in [0.1, 0.15) is 25.1 Å². The molecule has 0 aliphatic heterocycles. The molecule has 2 aromatic rings. The van der Waals surface area contributed by atoms with Crippen LogP contribution in [0.2, 0.25) is 0 Å². The lowest BCUT2D eigenvalue weighted by molar-refractivity contribution is 0.179. The van der Waals surface area contributed by atoms with Crippen molar-refractivity contribution in [3.8, 4) is 5.75 Å². The minimum atomic E-state index is 0. The van der Waals surface area contributed by atoms with Gasteiger partial charge in [-0.3, -0.25) is 4.98 Å². The first-order valence-electron chi connectivity index (χ1n) is 8.86. The van der Waals surface area contributed by atoms with Crippen molar-refractivity contribution < 1.29 is 9.47 Å². The van der Waals surface area contributed by atoms with Gasteiger partial charge in [-0.2, -0.15) is 0 Å². The highest BCUT2D eigenvalue weighted by atomic mass is 127. The topological polar surface area (TPSA) is 67.8 Å². The van der Waals surface area contributed by atoms with Crippen molar-refractivity contribution in [1.29, 1.82) is 0 Å². The third-order valence-corrected chi connectivity index (χ3v) is 3.60. The lowest BCUT2D eigenvalue weighted by atomic mass is 10.2. The van der Waals surface area contributed by atoms with E-state index in [1.165, 1.54) is 0 Å². The highest BCUT2D eigenvalue weighted by Crippen LogP contribution is 2.14. The Kier molecular flexibility index (Phi) is 11.4. The summed E-state index contributed by atoms with van der Waals surface area (Å²) in [7, 11) is 1.69. The summed E-state index contributed by atoms with van der Waals surface area (Å²) in [6.07, 6.45) is 1.77. The molecule has 0 bridgehead atoms. The molecule has 0 aliphatic rings. The van der Waals surface area contributed by atoms with Crippen LogP contribution in [0, 0.1) is 0 Å². The SMILES string of the molecule is CCNC(=NCc1ccc(OCc2ccccn2)cc1)NC(C)COC.I. The average Bonchev–Trinajstić information content (AvgIpc) is 2.66. The van der Waals surface area contributed by atoms with E-state index in [-0.39, 0.29) is 30.0 Å². The number of halogens is 1. The number of hydrogen-bond donors (Lipinski definition) is 2. The standard InChI is InChI=1S/C20H28N4O2.HI/c1-4-21-20(24-16(2)14-25-3)23-13-17-8-10-19(11-9-17)26-15-18-7-5-6-12-22-18;/h5-12,16H,4,13-15H2,1-3H3,(H2,21,23,24);1H. The fourth-order valence-corrected chi connectivity index (χ4v) is 2.35. The summed E-state index contributed by atoms with van der Waals surface area (Å²) in [5.74, 6) is 1.61. The number of nitrogens with zero attached hydrogens (tertiary/aromatic N) is 2. The van der Waals surface area contributed by atoms with Gasteiger partial charge < -0.3 is 20.1 Å². The van der Waals surface area contributed by atoms with Crippen LogP contribution in [0.25, 0.3) is 0 Å². The molecule has 7 heteroatoms. The summed E-state index contributed by atoms with van der Waals surface area (Å²) in [4.78, 5) is 8.87. The predicted molar refractivity (Wildman–Crippen MR) is 120 cm³/mol. The maximum absolute atomic E-state index is 5.75. The Morgan fingerprint density at radius 3 is 2.59 bits per heavy atom. The Morgan fingerprint density at radius 1 is 1.19 bits per heavy atom. The first-order chi connectivity index (χ1) is 12.7. The van der Waals surface area contributed by atoms with E-state index in [0.29, 0.717) is 19.8 Å². The zero-order valence-corrected chi connectivity index (χ0v) is 18.5. The average molecular weight is 484 g/mol. The Hall–Kier alpha value is -1.87. The van der Waals surface area contributed by atoms with Crippen molar-refractivity contribution in [3.63, 3.8) is 0 Å². The van der Waals surface area contributed by atoms with E-state index in [4.69, 9.17) is 9.47 Å². The quantitative estimate of drug-likeness (QED) is 0.325. The number of pyridine rings is 1. The largest absolute Gasteiger partial charge is 0.487 e. The van der Waals surface area contributed by atoms with Gasteiger partial charge in [-0.1, -0.05) is 18.2 Å². The van der Waals surface area contributed by atoms with Gasteiger partial charge in [0.25, 0.3) is 0 Å². The number of aromatic nitrogens is 1. The fraction of sp³-hybridized carbons (Fsp3) is 0.400. The maximum Gasteiger partial charge on any atom is 0.191 e. The summed E-state index contributed by atoms with van der Waals surface area (Å²) < 4.78 is 10.9. The Labute approximate surface area is 178 Å². The normalized spacial score (nSPS) is 12.0. The highest BCUT2D eigenvalue weighted by Gasteiger charge is 2.04. The van der Waals surface area contributed by atoms with Gasteiger partial charge in [0, 0.05) is 25.9 Å². The lowest BCUT2D eigenvalue weighted by Crippen LogP contribution is -2.43. The van der Waals surface area contributed by atoms with Gasteiger partial charge in [-0.25, -0.2) is 4.99 Å². The molecule has 0 aliphatic carbocycles. The molecule has 0 spiro atoms. The van der Waals surface area contributed by atoms with E-state index in [0.717, 1.165) is 29.5 Å². The molecule has 0 saturated heterocycles. The third-order valence-electron chi connectivity index (χ3n) is 3.60. The minimum absolute atomic E-state index is 0. The summed E-state index contributed by atoms with van der Waals surface area (Å²) >= 11 is 0. The second-order valence-corrected chi connectivity index (χ2v) is 5.95. The van der Waals surface area contributed by atoms with Crippen LogP contribution in [0.3, 0.4) is 0 Å². The van der Waals surface area contributed by atoms with Crippen molar-refractivity contribution >= 4 is 29.9 Å². The molecule has 27 heavy (non-hydrogen) atoms. The van der Waals surface area contributed by atoms with Gasteiger partial charge in [-0.05, 0) is 43.7 Å². The van der Waals surface area contributed by atoms with E-state index in [2.05, 4.69) is 27.5 Å². The van der Waals surface area contributed by atoms with Gasteiger partial charge in [0.05, 0.1) is 18.8 Å². The minimum Gasteiger partial charge on any atom is -0.487 e. The van der Waals surface area contributed by atoms with Crippen LogP contribution >= 0.6 is 24.0 Å². The molecular weight excluding hydrogens is 455 g/mol. The van der Waals surface area contributed by atoms with E-state index in [1.54, 1.807) is 13.3 Å². The molecule has 6 nitrogen and oxygen atoms in total. The number of nitrogens with one attached hydrogen (secondary N) is 2. The Balaban J connectivity index is 0.00000364. The van der Waals surface area contributed by atoms with E-state index < -0.39 is 0 Å². The molecule has 2 rings (SSSR count). The van der Waals surface area contributed by atoms with Gasteiger partial charge in [0.15, 0.2) is 5.96 Å². The second kappa shape index (κ2) is 13.3. The van der Waals surface area contributed by atoms with Crippen LogP contribution in [0.5, 0.6) is 5.75 Å². The van der Waals surface area contributed by atoms with Crippen molar-refractivity contribution in [2.45, 2.75) is 33.0 Å². The summed E-state index contributed by atoms with van der Waals surface area (Å²) in [5, 5.41) is 6.56. The smallest absolute Gasteiger partial charge is 0.191 e. The fourth-order valence-electron chi connectivity index (χ4n) is 2.35. The number of methoxy groups -OCH3 is 1. The Bertz CT molecular complexity index is 665. The van der Waals surface area contributed by atoms with Crippen LogP contribution < -0.4 is 15.4 Å². The molecule has 0 saturated carbocycles. The third kappa shape index (κ3) is 9.05. The van der Waals surface area contributed by atoms with Crippen molar-refractivity contribution in [1.82, 2.24) is 15.6 Å². The maximum atomic E-state index is 5.75. The first-order valence-corrected chi connectivity index (χ1v) is 8.86. The monoisotopic (exact) mass is 484 g/mol. The van der Waals surface area contributed by atoms with Crippen molar-refractivity contribution in [2.24, 2.45) is 4.99 Å². The van der Waals surface area contributed by atoms with Gasteiger partial charge in [0.2, 0.25) is 0 Å². The van der Waals surface area contributed by atoms with Crippen LogP contribution in [-0.2, 0) is 17.9 Å². The summed E-state index contributed by atoms with van der Waals surface area (Å²) in [5.41, 5.74) is 2.03. The molecule has 1 unspecified atom stereocenters. The Morgan fingerprint density at radius 2 is 1.96 bits per heavy atom. The van der Waals surface area contributed by atoms with Crippen LogP contribution in [0.15, 0.2) is 53.7 Å². The van der Waals surface area contributed by atoms with Gasteiger partial charge >= 0.3 is 0 Å². The van der Waals surface area contributed by atoms with Crippen LogP contribution in [0.4, 0.5) is 0 Å². The molecule has 148 valence electrons. The molecule has 1 aromatic carbocycles. The number of hydrogen-bond acceptors (Lipinski definition) is 4. The molecular formula is C20H29IN4O2. The molecule has 0 radical (unpaired) electrons. The van der Waals surface area contributed by atoms with Crippen molar-refractivity contribution in [3.05, 3.63) is 59.9 Å². The molecule has 1 atom stereocenters. The molecule has 0 fully saturated rings. The zero-order valence-electron chi connectivity index (χ0n) is 16.1. The summed E-state index contributed by atoms with van der Waals surface area (Å²) in [6, 6.07) is 14.0. The van der Waals surface area contributed by atoms with E-state index in [1.807, 2.05) is 49.4 Å². The number of rotatable bonds is 9. The number of aliphatic imine (C=N–C) groups is 1. The van der Waals surface area contributed by atoms with Crippen LogP contribution in [-0.4, -0.2) is 37.2 Å². The number of guanidine groups is 1. The highest BCUT2D eigenvalue weighted by molar-refractivity contribution is 14.0. The number of ether oxygens (including phenoxy) is 2. The molecule has 2 N–H and O–H groups in total. The van der Waals surface area contributed by atoms with E-state index >= 15 is 0 Å². The first kappa shape index (κ1) is 23.2. The molecule has 1 aromatic heterocycles. The predicted octanol–water partition coefficient (Wildman–Crippen LogP) is 3.37. The van der Waals surface area contributed by atoms with E-state index in [9.17, 15) is 0 Å². The zero-order chi connectivity index (χ0) is 18.6. The van der Waals surface area contributed by atoms with Gasteiger partial charge in [0.1, 0.15) is 12.4 Å². The van der Waals surface area contributed by atoms with Gasteiger partial charge in [-0.15, -0.1) is 24.0 Å². The summed E-state index contributed by atoms with van der Waals surface area (Å²) in [6.45, 7) is 6.61. The lowest BCUT2D eigenvalue weighted by Gasteiger charge is -2.17. The number of benzene rings is 1. The molecule has 0 amide bonds. The van der Waals surface area contributed by atoms with Crippen molar-refractivity contribution in [2.75, 3.05) is 20.3 Å². The second-order valence-electron chi connectivity index (χ2n) is 5.95.